The minimum atomic E-state index is 0.867. The molecule has 0 saturated heterocycles. The fourth-order valence-corrected chi connectivity index (χ4v) is 2.34. The Morgan fingerprint density at radius 2 is 1.50 bits per heavy atom. The second-order valence-corrected chi connectivity index (χ2v) is 4.26. The molecule has 3 nitrogen and oxygen atoms in total. The maximum absolute atomic E-state index is 4.68. The Morgan fingerprint density at radius 1 is 0.722 bits per heavy atom. The summed E-state index contributed by atoms with van der Waals surface area (Å²) in [7, 11) is 0. The van der Waals surface area contributed by atoms with Crippen LogP contribution in [0.4, 0.5) is 0 Å². The van der Waals surface area contributed by atoms with Crippen LogP contribution in [-0.2, 0) is 0 Å². The van der Waals surface area contributed by atoms with Crippen LogP contribution in [0, 0.1) is 0 Å². The number of rotatable bonds is 0. The van der Waals surface area contributed by atoms with Crippen molar-refractivity contribution in [3.05, 3.63) is 54.7 Å². The topological polar surface area (TPSA) is 38.7 Å². The summed E-state index contributed by atoms with van der Waals surface area (Å²) in [4.78, 5) is 4.68. The Balaban J connectivity index is 2.28. The quantitative estimate of drug-likeness (QED) is 0.466. The van der Waals surface area contributed by atoms with Crippen LogP contribution >= 0.6 is 0 Å². The van der Waals surface area contributed by atoms with Gasteiger partial charge in [0, 0.05) is 16.2 Å². The number of hydrogen-bond donors (Lipinski definition) is 0. The predicted octanol–water partition coefficient (Wildman–Crippen LogP) is 3.28. The van der Waals surface area contributed by atoms with Crippen molar-refractivity contribution >= 4 is 21.7 Å². The molecule has 84 valence electrons. The molecule has 0 radical (unpaired) electrons. The maximum Gasteiger partial charge on any atom is 0.121 e. The number of aromatic nitrogens is 3. The molecule has 18 heavy (non-hydrogen) atoms. The molecule has 0 aliphatic carbocycles. The standard InChI is InChI=1S/C15H9N3/c1-2-6-11-10(5-1)9-16-18-15-12-7-3-4-8-13(12)17-14(11)15/h1-9H. The first-order valence-corrected chi connectivity index (χ1v) is 5.82. The summed E-state index contributed by atoms with van der Waals surface area (Å²) < 4.78 is 0. The second-order valence-electron chi connectivity index (χ2n) is 4.26. The third-order valence-electron chi connectivity index (χ3n) is 3.19. The predicted molar refractivity (Wildman–Crippen MR) is 71.5 cm³/mol. The SMILES string of the molecule is c1ccc2c3nc4ccccc4c-3nncc2c1. The summed E-state index contributed by atoms with van der Waals surface area (Å²) >= 11 is 0. The molecule has 0 amide bonds. The van der Waals surface area contributed by atoms with Gasteiger partial charge in [-0.05, 0) is 6.07 Å². The van der Waals surface area contributed by atoms with E-state index in [-0.39, 0.29) is 0 Å². The molecule has 2 aromatic rings. The lowest BCUT2D eigenvalue weighted by Crippen LogP contribution is -1.78. The van der Waals surface area contributed by atoms with Gasteiger partial charge < -0.3 is 0 Å². The molecule has 2 aliphatic rings. The lowest BCUT2D eigenvalue weighted by Gasteiger charge is -1.94. The zero-order valence-electron chi connectivity index (χ0n) is 9.54. The van der Waals surface area contributed by atoms with Gasteiger partial charge >= 0.3 is 0 Å². The average molecular weight is 231 g/mol. The number of benzene rings is 2. The van der Waals surface area contributed by atoms with Gasteiger partial charge in [-0.1, -0.05) is 42.5 Å². The van der Waals surface area contributed by atoms with E-state index < -0.39 is 0 Å². The smallest absolute Gasteiger partial charge is 0.121 e. The van der Waals surface area contributed by atoms with Crippen molar-refractivity contribution in [2.75, 3.05) is 0 Å². The number of hydrogen-bond acceptors (Lipinski definition) is 3. The first-order chi connectivity index (χ1) is 8.93. The fourth-order valence-electron chi connectivity index (χ4n) is 2.34. The molecule has 4 rings (SSSR count). The summed E-state index contributed by atoms with van der Waals surface area (Å²) in [6.07, 6.45) is 1.78. The highest BCUT2D eigenvalue weighted by Crippen LogP contribution is 2.32. The van der Waals surface area contributed by atoms with E-state index in [2.05, 4.69) is 21.2 Å². The summed E-state index contributed by atoms with van der Waals surface area (Å²) in [6.45, 7) is 0. The number of nitrogens with zero attached hydrogens (tertiary/aromatic N) is 3. The fraction of sp³-hybridized carbons (Fsp3) is 0. The van der Waals surface area contributed by atoms with E-state index in [0.717, 1.165) is 33.1 Å². The molecular formula is C15H9N3. The Kier molecular flexibility index (Phi) is 1.83. The van der Waals surface area contributed by atoms with Gasteiger partial charge in [0.25, 0.3) is 0 Å². The highest BCUT2D eigenvalue weighted by molar-refractivity contribution is 6.04. The third-order valence-corrected chi connectivity index (χ3v) is 3.19. The number of fused-ring (bicyclic) bond motifs is 5. The van der Waals surface area contributed by atoms with Crippen molar-refractivity contribution in [3.8, 4) is 11.4 Å². The van der Waals surface area contributed by atoms with Crippen molar-refractivity contribution in [1.82, 2.24) is 15.2 Å². The maximum atomic E-state index is 4.68. The number of para-hydroxylation sites is 1. The van der Waals surface area contributed by atoms with E-state index in [1.807, 2.05) is 42.5 Å². The van der Waals surface area contributed by atoms with E-state index in [4.69, 9.17) is 0 Å². The Hall–Kier alpha value is -2.55. The lowest BCUT2D eigenvalue weighted by atomic mass is 10.1. The van der Waals surface area contributed by atoms with E-state index in [0.29, 0.717) is 0 Å². The first-order valence-electron chi connectivity index (χ1n) is 5.82. The van der Waals surface area contributed by atoms with Gasteiger partial charge in [-0.3, -0.25) is 0 Å². The highest BCUT2D eigenvalue weighted by Gasteiger charge is 2.14. The van der Waals surface area contributed by atoms with Crippen molar-refractivity contribution in [1.29, 1.82) is 0 Å². The molecule has 2 aromatic carbocycles. The van der Waals surface area contributed by atoms with Crippen LogP contribution in [-0.4, -0.2) is 15.2 Å². The molecule has 3 heteroatoms. The normalized spacial score (nSPS) is 11.3. The van der Waals surface area contributed by atoms with Crippen molar-refractivity contribution in [2.45, 2.75) is 0 Å². The van der Waals surface area contributed by atoms with Crippen molar-refractivity contribution in [2.24, 2.45) is 0 Å². The van der Waals surface area contributed by atoms with Gasteiger partial charge in [-0.25, -0.2) is 4.98 Å². The van der Waals surface area contributed by atoms with Crippen LogP contribution in [0.2, 0.25) is 0 Å². The monoisotopic (exact) mass is 231 g/mol. The van der Waals surface area contributed by atoms with Crippen LogP contribution in [0.3, 0.4) is 0 Å². The molecule has 2 aliphatic heterocycles. The molecule has 0 spiro atoms. The van der Waals surface area contributed by atoms with Crippen LogP contribution in [0.25, 0.3) is 33.1 Å². The Labute approximate surface area is 103 Å². The summed E-state index contributed by atoms with van der Waals surface area (Å²) in [5, 5.41) is 11.6. The molecule has 0 saturated carbocycles. The van der Waals surface area contributed by atoms with Crippen LogP contribution < -0.4 is 0 Å². The molecule has 0 bridgehead atoms. The summed E-state index contributed by atoms with van der Waals surface area (Å²) in [6, 6.07) is 16.1. The third kappa shape index (κ3) is 1.21. The van der Waals surface area contributed by atoms with E-state index >= 15 is 0 Å². The van der Waals surface area contributed by atoms with E-state index in [1.54, 1.807) is 6.20 Å². The van der Waals surface area contributed by atoms with Crippen LogP contribution in [0.1, 0.15) is 0 Å². The zero-order chi connectivity index (χ0) is 11.9. The van der Waals surface area contributed by atoms with Crippen LogP contribution in [0.15, 0.2) is 54.7 Å². The molecule has 0 atom stereocenters. The van der Waals surface area contributed by atoms with Gasteiger partial charge in [0.05, 0.1) is 17.4 Å². The zero-order valence-corrected chi connectivity index (χ0v) is 9.54. The Bertz CT molecular complexity index is 839. The largest absolute Gasteiger partial charge is 0.245 e. The van der Waals surface area contributed by atoms with E-state index in [9.17, 15) is 0 Å². The van der Waals surface area contributed by atoms with Gasteiger partial charge in [-0.2, -0.15) is 5.10 Å². The first kappa shape index (κ1) is 9.48. The van der Waals surface area contributed by atoms with Crippen molar-refractivity contribution in [3.63, 3.8) is 0 Å². The minimum Gasteiger partial charge on any atom is -0.245 e. The molecule has 0 aromatic heterocycles. The van der Waals surface area contributed by atoms with Gasteiger partial charge in [-0.15, -0.1) is 5.10 Å². The molecule has 2 heterocycles. The lowest BCUT2D eigenvalue weighted by molar-refractivity contribution is 1.07. The molecular weight excluding hydrogens is 222 g/mol. The van der Waals surface area contributed by atoms with Gasteiger partial charge in [0.2, 0.25) is 0 Å². The van der Waals surface area contributed by atoms with Crippen LogP contribution in [0.5, 0.6) is 0 Å². The molecule has 0 N–H and O–H groups in total. The highest BCUT2D eigenvalue weighted by atomic mass is 15.1. The summed E-state index contributed by atoms with van der Waals surface area (Å²) in [5.74, 6) is 0. The van der Waals surface area contributed by atoms with Gasteiger partial charge in [0.1, 0.15) is 5.69 Å². The molecule has 0 unspecified atom stereocenters. The average Bonchev–Trinajstić information content (AvgIpc) is 2.69. The Morgan fingerprint density at radius 3 is 2.44 bits per heavy atom. The van der Waals surface area contributed by atoms with Crippen molar-refractivity contribution < 1.29 is 0 Å². The second kappa shape index (κ2) is 3.47. The minimum absolute atomic E-state index is 0.867. The molecule has 0 fully saturated rings. The van der Waals surface area contributed by atoms with E-state index in [1.165, 1.54) is 0 Å². The summed E-state index contributed by atoms with van der Waals surface area (Å²) in [5.41, 5.74) is 2.76. The van der Waals surface area contributed by atoms with Gasteiger partial charge in [0.15, 0.2) is 0 Å².